The van der Waals surface area contributed by atoms with Crippen LogP contribution in [-0.2, 0) is 5.16 Å². The molecule has 2 aromatic heterocycles. The molecule has 0 amide bonds. The van der Waals surface area contributed by atoms with Gasteiger partial charge in [0.1, 0.15) is 0 Å². The van der Waals surface area contributed by atoms with E-state index in [0.717, 1.165) is 0 Å². The Morgan fingerprint density at radius 3 is 1.90 bits per heavy atom. The first-order valence-electron chi connectivity index (χ1n) is 10.1. The number of thiophene rings is 2. The molecule has 4 aromatic rings. The lowest BCUT2D eigenvalue weighted by Gasteiger charge is -2.43. The van der Waals surface area contributed by atoms with Crippen molar-refractivity contribution in [3.05, 3.63) is 129 Å². The molecule has 5 heteroatoms. The molecule has 0 N–H and O–H groups in total. The van der Waals surface area contributed by atoms with E-state index in [4.69, 9.17) is 0 Å². The van der Waals surface area contributed by atoms with Crippen LogP contribution >= 0.6 is 51.8 Å². The molecule has 2 aromatic carbocycles. The van der Waals surface area contributed by atoms with Gasteiger partial charge in [0.15, 0.2) is 0 Å². The van der Waals surface area contributed by atoms with Gasteiger partial charge >= 0.3 is 0 Å². The Morgan fingerprint density at radius 1 is 0.645 bits per heavy atom. The van der Waals surface area contributed by atoms with E-state index >= 15 is 0 Å². The first-order chi connectivity index (χ1) is 15.3. The Hall–Kier alpha value is -1.55. The van der Waals surface area contributed by atoms with Crippen LogP contribution < -0.4 is 0 Å². The average Bonchev–Trinajstić information content (AvgIpc) is 3.60. The molecule has 152 valence electrons. The van der Waals surface area contributed by atoms with E-state index in [2.05, 4.69) is 131 Å². The van der Waals surface area contributed by atoms with Gasteiger partial charge in [-0.3, -0.25) is 0 Å². The summed E-state index contributed by atoms with van der Waals surface area (Å²) >= 11 is 7.92. The van der Waals surface area contributed by atoms with Crippen LogP contribution in [0.3, 0.4) is 0 Å². The van der Waals surface area contributed by atoms with Crippen molar-refractivity contribution in [1.29, 1.82) is 0 Å². The highest BCUT2D eigenvalue weighted by molar-refractivity contribution is 8.92. The third kappa shape index (κ3) is 3.50. The van der Waals surface area contributed by atoms with E-state index in [1.165, 1.54) is 30.7 Å². The molecule has 0 saturated carbocycles. The lowest BCUT2D eigenvalue weighted by Crippen LogP contribution is -2.28. The molecule has 0 bridgehead atoms. The maximum atomic E-state index is 2.61. The van der Waals surface area contributed by atoms with Crippen molar-refractivity contribution in [2.45, 2.75) is 11.1 Å². The van der Waals surface area contributed by atoms with Crippen LogP contribution in [0, 0.1) is 0 Å². The highest BCUT2D eigenvalue weighted by Crippen LogP contribution is 2.87. The van der Waals surface area contributed by atoms with Crippen LogP contribution in [0.1, 0.15) is 26.8 Å². The van der Waals surface area contributed by atoms with Crippen LogP contribution in [0.2, 0.25) is 0 Å². The van der Waals surface area contributed by atoms with Crippen molar-refractivity contribution in [3.8, 4) is 0 Å². The van der Waals surface area contributed by atoms with Crippen molar-refractivity contribution < 1.29 is 0 Å². The maximum absolute atomic E-state index is 2.61. The van der Waals surface area contributed by atoms with Gasteiger partial charge in [-0.25, -0.2) is 0 Å². The fourth-order valence-corrected chi connectivity index (χ4v) is 15.5. The third-order valence-corrected chi connectivity index (χ3v) is 15.8. The van der Waals surface area contributed by atoms with E-state index in [-0.39, 0.29) is 5.16 Å². The van der Waals surface area contributed by atoms with Crippen molar-refractivity contribution in [1.82, 2.24) is 0 Å². The minimum atomic E-state index is -0.445. The standard InChI is InChI=1S/C26H19PS4/c1-3-9-19(10-4-1)21-17-24(22-13-7-15-28-22)30-27-26(21,20-11-5-2-6-12-20)18-25(31-27)23-14-8-16-29-23/h1-18,21H. The molecule has 3 unspecified atom stereocenters. The Balaban J connectivity index is 1.59. The summed E-state index contributed by atoms with van der Waals surface area (Å²) in [6, 6.07) is 31.2. The number of rotatable bonds is 4. The van der Waals surface area contributed by atoms with Crippen LogP contribution in [0.5, 0.6) is 0 Å². The second-order valence-corrected chi connectivity index (χ2v) is 15.9. The van der Waals surface area contributed by atoms with Gasteiger partial charge in [-0.15, -0.1) is 22.7 Å². The van der Waals surface area contributed by atoms with Gasteiger partial charge in [-0.2, -0.15) is 0 Å². The first-order valence-corrected chi connectivity index (χ1v) is 16.1. The molecule has 6 rings (SSSR count). The first kappa shape index (κ1) is 20.1. The minimum absolute atomic E-state index is 0.0205. The van der Waals surface area contributed by atoms with Crippen molar-refractivity contribution in [3.63, 3.8) is 0 Å². The Bertz CT molecular complexity index is 1200. The maximum Gasteiger partial charge on any atom is 0.0642 e. The van der Waals surface area contributed by atoms with Crippen molar-refractivity contribution >= 4 is 61.6 Å². The molecule has 0 aliphatic carbocycles. The zero-order valence-electron chi connectivity index (χ0n) is 16.5. The van der Waals surface area contributed by atoms with Crippen LogP contribution in [0.25, 0.3) is 9.81 Å². The van der Waals surface area contributed by atoms with E-state index in [0.29, 0.717) is 5.92 Å². The molecular formula is C26H19PS4. The second-order valence-electron chi connectivity index (χ2n) is 7.51. The van der Waals surface area contributed by atoms with Gasteiger partial charge in [0.25, 0.3) is 0 Å². The zero-order valence-corrected chi connectivity index (χ0v) is 20.7. The molecule has 4 heterocycles. The molecule has 31 heavy (non-hydrogen) atoms. The second kappa shape index (κ2) is 8.42. The van der Waals surface area contributed by atoms with E-state index in [1.54, 1.807) is 0 Å². The lowest BCUT2D eigenvalue weighted by atomic mass is 9.79. The van der Waals surface area contributed by atoms with Crippen molar-refractivity contribution in [2.24, 2.45) is 0 Å². The molecule has 2 aliphatic rings. The summed E-state index contributed by atoms with van der Waals surface area (Å²) in [5.74, 6) is 0.311. The summed E-state index contributed by atoms with van der Waals surface area (Å²) in [5.41, 5.74) is 2.83. The largest absolute Gasteiger partial charge is 0.143 e. The van der Waals surface area contributed by atoms with E-state index in [1.807, 2.05) is 22.7 Å². The van der Waals surface area contributed by atoms with Gasteiger partial charge in [-0.05, 0) is 34.0 Å². The normalized spacial score (nSPS) is 25.0. The topological polar surface area (TPSA) is 0 Å². The molecule has 0 spiro atoms. The molecule has 2 aliphatic heterocycles. The van der Waals surface area contributed by atoms with Crippen molar-refractivity contribution in [2.75, 3.05) is 0 Å². The Morgan fingerprint density at radius 2 is 1.26 bits per heavy atom. The van der Waals surface area contributed by atoms with Gasteiger partial charge < -0.3 is 0 Å². The number of allylic oxidation sites excluding steroid dienone is 2. The SMILES string of the molecule is C1=C(c2cccs2)SP2SC(c3cccs3)=CC2(c2ccccc2)C1c1ccccc1. The molecule has 0 fully saturated rings. The molecule has 3 atom stereocenters. The summed E-state index contributed by atoms with van der Waals surface area (Å²) in [6.45, 7) is 0. The fraction of sp³-hybridized carbons (Fsp3) is 0.0769. The molecular weight excluding hydrogens is 472 g/mol. The van der Waals surface area contributed by atoms with E-state index < -0.39 is 6.33 Å². The Labute approximate surface area is 200 Å². The van der Waals surface area contributed by atoms with E-state index in [9.17, 15) is 0 Å². The lowest BCUT2D eigenvalue weighted by molar-refractivity contribution is 0.678. The molecule has 0 radical (unpaired) electrons. The summed E-state index contributed by atoms with van der Waals surface area (Å²) in [7, 11) is 0. The highest BCUT2D eigenvalue weighted by atomic mass is 33.1. The van der Waals surface area contributed by atoms with Gasteiger partial charge in [-0.1, -0.05) is 108 Å². The highest BCUT2D eigenvalue weighted by Gasteiger charge is 2.53. The number of hydrogen-bond acceptors (Lipinski definition) is 4. The molecule has 0 nitrogen and oxygen atoms in total. The summed E-state index contributed by atoms with van der Waals surface area (Å²) < 4.78 is 0. The minimum Gasteiger partial charge on any atom is -0.143 e. The quantitative estimate of drug-likeness (QED) is 0.261. The average molecular weight is 491 g/mol. The summed E-state index contributed by atoms with van der Waals surface area (Å²) in [6.07, 6.45) is 4.71. The smallest absolute Gasteiger partial charge is 0.0642 e. The number of hydrogen-bond donors (Lipinski definition) is 0. The number of benzene rings is 2. The summed E-state index contributed by atoms with van der Waals surface area (Å²) in [4.78, 5) is 5.66. The van der Waals surface area contributed by atoms with Crippen LogP contribution in [0.15, 0.2) is 108 Å². The number of fused-ring (bicyclic) bond motifs is 1. The zero-order chi connectivity index (χ0) is 20.7. The van der Waals surface area contributed by atoms with Gasteiger partial charge in [0, 0.05) is 31.8 Å². The van der Waals surface area contributed by atoms with Gasteiger partial charge in [0.05, 0.1) is 5.16 Å². The van der Waals surface area contributed by atoms with Crippen LogP contribution in [-0.4, -0.2) is 0 Å². The third-order valence-electron chi connectivity index (χ3n) is 5.73. The van der Waals surface area contributed by atoms with Crippen LogP contribution in [0.4, 0.5) is 0 Å². The fourth-order valence-electron chi connectivity index (χ4n) is 4.30. The monoisotopic (exact) mass is 490 g/mol. The predicted molar refractivity (Wildman–Crippen MR) is 144 cm³/mol. The van der Waals surface area contributed by atoms with Gasteiger partial charge in [0.2, 0.25) is 0 Å². The summed E-state index contributed by atoms with van der Waals surface area (Å²) in [5, 5.41) is 4.36. The molecule has 0 saturated heterocycles. The Kier molecular flexibility index (Phi) is 5.46. The predicted octanol–water partition coefficient (Wildman–Crippen LogP) is 9.68.